The molecule has 4 heteroatoms. The number of nitrogens with one attached hydrogen (secondary N) is 2. The van der Waals surface area contributed by atoms with Gasteiger partial charge in [-0.25, -0.2) is 5.01 Å². The zero-order chi connectivity index (χ0) is 13.4. The molecule has 1 aromatic rings. The number of benzene rings is 1. The Kier molecular flexibility index (Phi) is 7.28. The summed E-state index contributed by atoms with van der Waals surface area (Å²) >= 11 is 6.16. The molecule has 0 aromatic heterocycles. The van der Waals surface area contributed by atoms with Gasteiger partial charge in [0.1, 0.15) is 0 Å². The molecule has 0 bridgehead atoms. The molecular weight excluding hydrogens is 246 g/mol. The molecule has 1 unspecified atom stereocenters. The Bertz CT molecular complexity index is 344. The highest BCUT2D eigenvalue weighted by atomic mass is 35.5. The molecular formula is C14H24ClN3. The van der Waals surface area contributed by atoms with Gasteiger partial charge in [0.2, 0.25) is 0 Å². The maximum Gasteiger partial charge on any atom is 0.0732 e. The molecule has 0 aliphatic rings. The molecule has 1 aromatic carbocycles. The molecule has 0 aliphatic carbocycles. The maximum absolute atomic E-state index is 6.16. The van der Waals surface area contributed by atoms with Gasteiger partial charge in [0, 0.05) is 18.1 Å². The zero-order valence-electron chi connectivity index (χ0n) is 11.5. The molecule has 0 heterocycles. The molecule has 1 rings (SSSR count). The van der Waals surface area contributed by atoms with Gasteiger partial charge in [0.25, 0.3) is 0 Å². The van der Waals surface area contributed by atoms with Gasteiger partial charge in [-0.2, -0.15) is 0 Å². The predicted molar refractivity (Wildman–Crippen MR) is 78.4 cm³/mol. The number of hydrazine groups is 1. The van der Waals surface area contributed by atoms with Crippen LogP contribution in [0, 0.1) is 0 Å². The Morgan fingerprint density at radius 2 is 2.00 bits per heavy atom. The van der Waals surface area contributed by atoms with Gasteiger partial charge in [0.15, 0.2) is 0 Å². The third-order valence-corrected chi connectivity index (χ3v) is 3.37. The van der Waals surface area contributed by atoms with Gasteiger partial charge < -0.3 is 0 Å². The number of halogens is 1. The smallest absolute Gasteiger partial charge is 0.0732 e. The fraction of sp³-hybridized carbons (Fsp3) is 0.571. The van der Waals surface area contributed by atoms with Crippen LogP contribution in [-0.2, 0) is 6.54 Å². The van der Waals surface area contributed by atoms with Crippen LogP contribution in [0.1, 0.15) is 32.3 Å². The first-order valence-electron chi connectivity index (χ1n) is 6.63. The van der Waals surface area contributed by atoms with Crippen molar-refractivity contribution >= 4 is 11.6 Å². The minimum atomic E-state index is 0.325. The second-order valence-corrected chi connectivity index (χ2v) is 4.72. The number of hydrogen-bond acceptors (Lipinski definition) is 3. The first kappa shape index (κ1) is 15.4. The SMILES string of the molecule is CCCN(NC)C(CC)NCc1ccccc1Cl. The van der Waals surface area contributed by atoms with Crippen molar-refractivity contribution in [1.29, 1.82) is 0 Å². The summed E-state index contributed by atoms with van der Waals surface area (Å²) < 4.78 is 0. The van der Waals surface area contributed by atoms with Crippen molar-refractivity contribution in [2.24, 2.45) is 0 Å². The Labute approximate surface area is 115 Å². The summed E-state index contributed by atoms with van der Waals surface area (Å²) in [5.41, 5.74) is 4.39. The summed E-state index contributed by atoms with van der Waals surface area (Å²) in [6.45, 7) is 6.19. The average Bonchev–Trinajstić information content (AvgIpc) is 2.40. The summed E-state index contributed by atoms with van der Waals surface area (Å²) in [7, 11) is 1.97. The van der Waals surface area contributed by atoms with Gasteiger partial charge in [-0.1, -0.05) is 43.6 Å². The van der Waals surface area contributed by atoms with E-state index in [4.69, 9.17) is 11.6 Å². The fourth-order valence-corrected chi connectivity index (χ4v) is 2.21. The van der Waals surface area contributed by atoms with Gasteiger partial charge >= 0.3 is 0 Å². The van der Waals surface area contributed by atoms with E-state index in [0.717, 1.165) is 36.5 Å². The van der Waals surface area contributed by atoms with Crippen molar-refractivity contribution in [1.82, 2.24) is 15.8 Å². The van der Waals surface area contributed by atoms with Crippen molar-refractivity contribution in [3.8, 4) is 0 Å². The van der Waals surface area contributed by atoms with Gasteiger partial charge in [-0.05, 0) is 31.5 Å². The maximum atomic E-state index is 6.16. The van der Waals surface area contributed by atoms with E-state index in [9.17, 15) is 0 Å². The Morgan fingerprint density at radius 3 is 2.56 bits per heavy atom. The van der Waals surface area contributed by atoms with Crippen LogP contribution in [-0.4, -0.2) is 24.8 Å². The molecule has 0 amide bonds. The van der Waals surface area contributed by atoms with Crippen LogP contribution in [0.3, 0.4) is 0 Å². The minimum Gasteiger partial charge on any atom is -0.297 e. The molecule has 1 atom stereocenters. The van der Waals surface area contributed by atoms with Crippen LogP contribution < -0.4 is 10.7 Å². The van der Waals surface area contributed by atoms with Crippen molar-refractivity contribution < 1.29 is 0 Å². The van der Waals surface area contributed by atoms with E-state index in [2.05, 4.69) is 35.7 Å². The Balaban J connectivity index is 2.56. The highest BCUT2D eigenvalue weighted by molar-refractivity contribution is 6.31. The normalized spacial score (nSPS) is 12.9. The van der Waals surface area contributed by atoms with E-state index in [1.54, 1.807) is 0 Å². The fourth-order valence-electron chi connectivity index (χ4n) is 2.01. The lowest BCUT2D eigenvalue weighted by molar-refractivity contribution is 0.108. The molecule has 0 saturated carbocycles. The van der Waals surface area contributed by atoms with Crippen molar-refractivity contribution in [3.63, 3.8) is 0 Å². The van der Waals surface area contributed by atoms with Crippen molar-refractivity contribution in [2.75, 3.05) is 13.6 Å². The van der Waals surface area contributed by atoms with E-state index in [-0.39, 0.29) is 0 Å². The van der Waals surface area contributed by atoms with E-state index in [0.29, 0.717) is 6.17 Å². The second kappa shape index (κ2) is 8.48. The first-order chi connectivity index (χ1) is 8.72. The van der Waals surface area contributed by atoms with Crippen molar-refractivity contribution in [3.05, 3.63) is 34.9 Å². The molecule has 102 valence electrons. The van der Waals surface area contributed by atoms with Crippen LogP contribution in [0.15, 0.2) is 24.3 Å². The van der Waals surface area contributed by atoms with E-state index in [1.807, 2.05) is 25.2 Å². The third-order valence-electron chi connectivity index (χ3n) is 3.00. The van der Waals surface area contributed by atoms with E-state index in [1.165, 1.54) is 0 Å². The lowest BCUT2D eigenvalue weighted by Gasteiger charge is -2.30. The lowest BCUT2D eigenvalue weighted by Crippen LogP contribution is -2.51. The van der Waals surface area contributed by atoms with Gasteiger partial charge in [0.05, 0.1) is 6.17 Å². The topological polar surface area (TPSA) is 27.3 Å². The molecule has 0 fully saturated rings. The molecule has 0 radical (unpaired) electrons. The van der Waals surface area contributed by atoms with Gasteiger partial charge in [-0.15, -0.1) is 0 Å². The molecule has 0 spiro atoms. The Hall–Kier alpha value is -0.610. The summed E-state index contributed by atoms with van der Waals surface area (Å²) in [6.07, 6.45) is 2.50. The summed E-state index contributed by atoms with van der Waals surface area (Å²) in [4.78, 5) is 0. The standard InChI is InChI=1S/C14H24ClN3/c1-4-10-18(16-3)14(5-2)17-11-12-8-6-7-9-13(12)15/h6-9,14,16-17H,4-5,10-11H2,1-3H3. The largest absolute Gasteiger partial charge is 0.297 e. The van der Waals surface area contributed by atoms with Crippen LogP contribution in [0.2, 0.25) is 5.02 Å². The average molecular weight is 270 g/mol. The molecule has 2 N–H and O–H groups in total. The van der Waals surface area contributed by atoms with Crippen LogP contribution in [0.5, 0.6) is 0 Å². The molecule has 0 saturated heterocycles. The van der Waals surface area contributed by atoms with E-state index < -0.39 is 0 Å². The highest BCUT2D eigenvalue weighted by Gasteiger charge is 2.13. The quantitative estimate of drug-likeness (QED) is 0.561. The molecule has 18 heavy (non-hydrogen) atoms. The molecule has 0 aliphatic heterocycles. The molecule has 3 nitrogen and oxygen atoms in total. The number of rotatable bonds is 8. The van der Waals surface area contributed by atoms with E-state index >= 15 is 0 Å². The van der Waals surface area contributed by atoms with Gasteiger partial charge in [-0.3, -0.25) is 10.7 Å². The third kappa shape index (κ3) is 4.58. The number of hydrogen-bond donors (Lipinski definition) is 2. The van der Waals surface area contributed by atoms with Crippen molar-refractivity contribution in [2.45, 2.75) is 39.4 Å². The summed E-state index contributed by atoms with van der Waals surface area (Å²) in [5.74, 6) is 0. The Morgan fingerprint density at radius 1 is 1.28 bits per heavy atom. The number of nitrogens with zero attached hydrogens (tertiary/aromatic N) is 1. The summed E-state index contributed by atoms with van der Waals surface area (Å²) in [5, 5.41) is 6.60. The first-order valence-corrected chi connectivity index (χ1v) is 7.01. The van der Waals surface area contributed by atoms with Crippen LogP contribution >= 0.6 is 11.6 Å². The minimum absolute atomic E-state index is 0.325. The van der Waals surface area contributed by atoms with Crippen LogP contribution in [0.25, 0.3) is 0 Å². The predicted octanol–water partition coefficient (Wildman–Crippen LogP) is 3.01. The summed E-state index contributed by atoms with van der Waals surface area (Å²) in [6, 6.07) is 7.97. The second-order valence-electron chi connectivity index (χ2n) is 4.31. The highest BCUT2D eigenvalue weighted by Crippen LogP contribution is 2.15. The monoisotopic (exact) mass is 269 g/mol. The lowest BCUT2D eigenvalue weighted by atomic mass is 10.2. The van der Waals surface area contributed by atoms with Crippen LogP contribution in [0.4, 0.5) is 0 Å². The zero-order valence-corrected chi connectivity index (χ0v) is 12.3.